The highest BCUT2D eigenvalue weighted by atomic mass is 35.5. The molecule has 0 aliphatic carbocycles. The third kappa shape index (κ3) is 3.96. The summed E-state index contributed by atoms with van der Waals surface area (Å²) in [6.45, 7) is 2.07. The van der Waals surface area contributed by atoms with Crippen molar-refractivity contribution in [3.8, 4) is 5.75 Å². The van der Waals surface area contributed by atoms with Gasteiger partial charge < -0.3 is 15.5 Å². The van der Waals surface area contributed by atoms with E-state index >= 15 is 0 Å². The summed E-state index contributed by atoms with van der Waals surface area (Å²) in [4.78, 5) is 8.75. The largest absolute Gasteiger partial charge is 0.495 e. The third-order valence-corrected chi connectivity index (χ3v) is 3.13. The van der Waals surface area contributed by atoms with Crippen molar-refractivity contribution in [2.24, 2.45) is 5.84 Å². The van der Waals surface area contributed by atoms with Crippen molar-refractivity contribution in [3.05, 3.63) is 35.1 Å². The van der Waals surface area contributed by atoms with Gasteiger partial charge in [0.15, 0.2) is 0 Å². The molecule has 0 amide bonds. The average Bonchev–Trinajstić information content (AvgIpc) is 2.49. The zero-order valence-corrected chi connectivity index (χ0v) is 12.7. The van der Waals surface area contributed by atoms with Gasteiger partial charge in [-0.15, -0.1) is 0 Å². The number of anilines is 3. The van der Waals surface area contributed by atoms with Crippen LogP contribution in [0.2, 0.25) is 5.02 Å². The molecule has 0 radical (unpaired) electrons. The molecule has 0 aliphatic rings. The Kier molecular flexibility index (Phi) is 5.19. The van der Waals surface area contributed by atoms with E-state index in [2.05, 4.69) is 27.6 Å². The first-order valence-corrected chi connectivity index (χ1v) is 6.99. The van der Waals surface area contributed by atoms with Gasteiger partial charge in [-0.3, -0.25) is 0 Å². The summed E-state index contributed by atoms with van der Waals surface area (Å²) < 4.78 is 5.19. The fraction of sp³-hybridized carbons (Fsp3) is 0.286. The number of aryl methyl sites for hydroxylation is 1. The molecule has 0 aliphatic heterocycles. The molecule has 21 heavy (non-hydrogen) atoms. The molecule has 0 saturated heterocycles. The number of nitrogens with zero attached hydrogens (tertiary/aromatic N) is 2. The normalized spacial score (nSPS) is 10.3. The molecule has 7 heteroatoms. The monoisotopic (exact) mass is 307 g/mol. The number of nitrogens with one attached hydrogen (secondary N) is 2. The van der Waals surface area contributed by atoms with E-state index in [9.17, 15) is 0 Å². The average molecular weight is 308 g/mol. The number of rotatable bonds is 6. The van der Waals surface area contributed by atoms with Crippen LogP contribution < -0.4 is 21.3 Å². The van der Waals surface area contributed by atoms with Crippen LogP contribution in [0.3, 0.4) is 0 Å². The number of hydrazine groups is 1. The second-order valence-electron chi connectivity index (χ2n) is 4.42. The maximum Gasteiger partial charge on any atom is 0.145 e. The molecule has 1 aromatic carbocycles. The first kappa shape index (κ1) is 15.3. The molecule has 0 atom stereocenters. The van der Waals surface area contributed by atoms with Crippen molar-refractivity contribution in [1.29, 1.82) is 0 Å². The molecule has 0 bridgehead atoms. The number of aromatic nitrogens is 2. The van der Waals surface area contributed by atoms with Crippen LogP contribution in [-0.2, 0) is 6.42 Å². The standard InChI is InChI=1S/C14H18ClN5O/c1-3-4-12-18-13(8-14(19-12)20-16)17-9-5-6-10(15)11(7-9)21-2/h5-8H,3-4,16H2,1-2H3,(H2,17,18,19,20). The molecular formula is C14H18ClN5O. The number of ether oxygens (including phenoxy) is 1. The minimum absolute atomic E-state index is 0.557. The molecule has 2 aromatic rings. The minimum atomic E-state index is 0.557. The van der Waals surface area contributed by atoms with Gasteiger partial charge in [-0.25, -0.2) is 15.8 Å². The lowest BCUT2D eigenvalue weighted by atomic mass is 10.3. The lowest BCUT2D eigenvalue weighted by Crippen LogP contribution is -2.11. The number of hydrogen-bond donors (Lipinski definition) is 3. The number of benzene rings is 1. The van der Waals surface area contributed by atoms with Gasteiger partial charge in [0, 0.05) is 24.2 Å². The Morgan fingerprint density at radius 3 is 2.67 bits per heavy atom. The Balaban J connectivity index is 2.27. The van der Waals surface area contributed by atoms with Gasteiger partial charge in [-0.2, -0.15) is 0 Å². The summed E-state index contributed by atoms with van der Waals surface area (Å²) in [5.74, 6) is 7.99. The Hall–Kier alpha value is -2.05. The van der Waals surface area contributed by atoms with Crippen molar-refractivity contribution >= 4 is 28.9 Å². The van der Waals surface area contributed by atoms with Crippen LogP contribution in [0.15, 0.2) is 24.3 Å². The first-order valence-electron chi connectivity index (χ1n) is 6.61. The molecule has 2 rings (SSSR count). The maximum absolute atomic E-state index is 6.01. The highest BCUT2D eigenvalue weighted by Gasteiger charge is 2.06. The van der Waals surface area contributed by atoms with Gasteiger partial charge in [0.25, 0.3) is 0 Å². The maximum atomic E-state index is 6.01. The molecule has 0 saturated carbocycles. The summed E-state index contributed by atoms with van der Waals surface area (Å²) in [7, 11) is 1.57. The Labute approximate surface area is 128 Å². The number of nitrogen functional groups attached to an aromatic ring is 1. The highest BCUT2D eigenvalue weighted by Crippen LogP contribution is 2.29. The lowest BCUT2D eigenvalue weighted by Gasteiger charge is -2.11. The van der Waals surface area contributed by atoms with Gasteiger partial charge in [0.1, 0.15) is 23.2 Å². The summed E-state index contributed by atoms with van der Waals surface area (Å²) in [5, 5.41) is 3.75. The van der Waals surface area contributed by atoms with E-state index in [0.29, 0.717) is 22.4 Å². The van der Waals surface area contributed by atoms with E-state index in [-0.39, 0.29) is 0 Å². The van der Waals surface area contributed by atoms with E-state index in [4.69, 9.17) is 22.2 Å². The van der Waals surface area contributed by atoms with E-state index in [0.717, 1.165) is 24.4 Å². The van der Waals surface area contributed by atoms with Gasteiger partial charge in [0.05, 0.1) is 12.1 Å². The minimum Gasteiger partial charge on any atom is -0.495 e. The van der Waals surface area contributed by atoms with Gasteiger partial charge in [-0.1, -0.05) is 18.5 Å². The van der Waals surface area contributed by atoms with E-state index in [1.54, 1.807) is 25.3 Å². The summed E-state index contributed by atoms with van der Waals surface area (Å²) >= 11 is 6.01. The molecule has 0 unspecified atom stereocenters. The topological polar surface area (TPSA) is 85.1 Å². The third-order valence-electron chi connectivity index (χ3n) is 2.82. The first-order chi connectivity index (χ1) is 10.2. The summed E-state index contributed by atoms with van der Waals surface area (Å²) in [6.07, 6.45) is 1.75. The van der Waals surface area contributed by atoms with Crippen LogP contribution in [0.1, 0.15) is 19.2 Å². The van der Waals surface area contributed by atoms with Crippen LogP contribution in [0.4, 0.5) is 17.3 Å². The van der Waals surface area contributed by atoms with E-state index in [1.807, 2.05) is 6.07 Å². The highest BCUT2D eigenvalue weighted by molar-refractivity contribution is 6.32. The number of methoxy groups -OCH3 is 1. The smallest absolute Gasteiger partial charge is 0.145 e. The molecule has 0 spiro atoms. The molecule has 1 aromatic heterocycles. The molecule has 0 fully saturated rings. The predicted octanol–water partition coefficient (Wildman–Crippen LogP) is 3.12. The lowest BCUT2D eigenvalue weighted by molar-refractivity contribution is 0.415. The van der Waals surface area contributed by atoms with Crippen molar-refractivity contribution in [2.45, 2.75) is 19.8 Å². The fourth-order valence-corrected chi connectivity index (χ4v) is 2.05. The van der Waals surface area contributed by atoms with Gasteiger partial charge >= 0.3 is 0 Å². The van der Waals surface area contributed by atoms with Gasteiger partial charge in [-0.05, 0) is 18.6 Å². The van der Waals surface area contributed by atoms with Crippen LogP contribution in [0.5, 0.6) is 5.75 Å². The zero-order valence-electron chi connectivity index (χ0n) is 12.0. The molecule has 1 heterocycles. The van der Waals surface area contributed by atoms with Crippen molar-refractivity contribution < 1.29 is 4.74 Å². The van der Waals surface area contributed by atoms with Crippen molar-refractivity contribution in [2.75, 3.05) is 17.9 Å². The molecule has 4 N–H and O–H groups in total. The van der Waals surface area contributed by atoms with Crippen LogP contribution in [-0.4, -0.2) is 17.1 Å². The number of halogens is 1. The van der Waals surface area contributed by atoms with Gasteiger partial charge in [0.2, 0.25) is 0 Å². The van der Waals surface area contributed by atoms with Crippen molar-refractivity contribution in [1.82, 2.24) is 9.97 Å². The van der Waals surface area contributed by atoms with Crippen molar-refractivity contribution in [3.63, 3.8) is 0 Å². The molecular weight excluding hydrogens is 290 g/mol. The summed E-state index contributed by atoms with van der Waals surface area (Å²) in [5.41, 5.74) is 3.37. The number of hydrogen-bond acceptors (Lipinski definition) is 6. The Morgan fingerprint density at radius 1 is 1.24 bits per heavy atom. The second kappa shape index (κ2) is 7.10. The second-order valence-corrected chi connectivity index (χ2v) is 4.83. The van der Waals surface area contributed by atoms with E-state index in [1.165, 1.54) is 0 Å². The SMILES string of the molecule is CCCc1nc(NN)cc(Nc2ccc(Cl)c(OC)c2)n1. The quantitative estimate of drug-likeness (QED) is 0.561. The predicted molar refractivity (Wildman–Crippen MR) is 85.1 cm³/mol. The molecule has 6 nitrogen and oxygen atoms in total. The zero-order chi connectivity index (χ0) is 15.2. The Morgan fingerprint density at radius 2 is 2.00 bits per heavy atom. The van der Waals surface area contributed by atoms with Crippen LogP contribution >= 0.6 is 11.6 Å². The van der Waals surface area contributed by atoms with Crippen LogP contribution in [0, 0.1) is 0 Å². The summed E-state index contributed by atoms with van der Waals surface area (Å²) in [6, 6.07) is 7.15. The van der Waals surface area contributed by atoms with Crippen LogP contribution in [0.25, 0.3) is 0 Å². The Bertz CT molecular complexity index is 620. The molecule has 112 valence electrons. The van der Waals surface area contributed by atoms with E-state index < -0.39 is 0 Å². The number of nitrogens with two attached hydrogens (primary N) is 1. The fourth-order valence-electron chi connectivity index (χ4n) is 1.86.